The predicted molar refractivity (Wildman–Crippen MR) is 85.5 cm³/mol. The molecule has 2 aliphatic heterocycles. The smallest absolute Gasteiger partial charge is 0.227 e. The minimum atomic E-state index is -0.517. The van der Waals surface area contributed by atoms with Gasteiger partial charge in [-0.2, -0.15) is 0 Å². The van der Waals surface area contributed by atoms with Crippen molar-refractivity contribution in [2.45, 2.75) is 19.3 Å². The number of hydrogen-bond acceptors (Lipinski definition) is 3. The molecule has 0 bridgehead atoms. The number of aromatic nitrogens is 1. The molecule has 118 valence electrons. The first kappa shape index (κ1) is 14.2. The minimum Gasteiger partial charge on any atom is -0.489 e. The van der Waals surface area contributed by atoms with Gasteiger partial charge in [-0.1, -0.05) is 0 Å². The summed E-state index contributed by atoms with van der Waals surface area (Å²) in [6, 6.07) is 6.16. The van der Waals surface area contributed by atoms with Gasteiger partial charge >= 0.3 is 0 Å². The Kier molecular flexibility index (Phi) is 3.48. The Morgan fingerprint density at radius 2 is 1.91 bits per heavy atom. The fourth-order valence-corrected chi connectivity index (χ4v) is 3.44. The van der Waals surface area contributed by atoms with Crippen molar-refractivity contribution in [1.29, 1.82) is 0 Å². The topological polar surface area (TPSA) is 42.4 Å². The van der Waals surface area contributed by atoms with E-state index < -0.39 is 6.67 Å². The summed E-state index contributed by atoms with van der Waals surface area (Å²) in [5.41, 5.74) is 5.59. The fraction of sp³-hybridized carbons (Fsp3) is 0.333. The normalized spacial score (nSPS) is 15.7. The van der Waals surface area contributed by atoms with E-state index in [-0.39, 0.29) is 12.5 Å². The Morgan fingerprint density at radius 3 is 2.74 bits per heavy atom. The van der Waals surface area contributed by atoms with E-state index in [4.69, 9.17) is 4.74 Å². The number of aryl methyl sites for hydroxylation is 1. The number of carbonyl (C=O) groups excluding carboxylic acids is 1. The molecule has 0 aliphatic carbocycles. The second-order valence-corrected chi connectivity index (χ2v) is 5.89. The maximum Gasteiger partial charge on any atom is 0.227 e. The highest BCUT2D eigenvalue weighted by Crippen LogP contribution is 2.39. The van der Waals surface area contributed by atoms with Gasteiger partial charge in [0, 0.05) is 24.7 Å². The van der Waals surface area contributed by atoms with Gasteiger partial charge in [-0.25, -0.2) is 4.39 Å². The summed E-state index contributed by atoms with van der Waals surface area (Å²) in [7, 11) is 0. The van der Waals surface area contributed by atoms with Crippen molar-refractivity contribution in [3.8, 4) is 16.9 Å². The van der Waals surface area contributed by atoms with Gasteiger partial charge in [-0.3, -0.25) is 9.78 Å². The fourth-order valence-electron chi connectivity index (χ4n) is 3.44. The summed E-state index contributed by atoms with van der Waals surface area (Å²) >= 11 is 0. The zero-order valence-electron chi connectivity index (χ0n) is 12.7. The molecule has 3 heterocycles. The van der Waals surface area contributed by atoms with Gasteiger partial charge < -0.3 is 9.64 Å². The van der Waals surface area contributed by atoms with Crippen molar-refractivity contribution in [2.75, 3.05) is 24.7 Å². The summed E-state index contributed by atoms with van der Waals surface area (Å²) < 4.78 is 17.6. The zero-order chi connectivity index (χ0) is 15.8. The van der Waals surface area contributed by atoms with Gasteiger partial charge in [0.05, 0.1) is 11.9 Å². The maximum absolute atomic E-state index is 12.2. The van der Waals surface area contributed by atoms with Crippen LogP contribution in [0.1, 0.15) is 17.5 Å². The number of halogens is 1. The lowest BCUT2D eigenvalue weighted by Crippen LogP contribution is -2.32. The van der Waals surface area contributed by atoms with E-state index in [1.165, 1.54) is 11.1 Å². The first-order valence-electron chi connectivity index (χ1n) is 7.86. The van der Waals surface area contributed by atoms with Crippen molar-refractivity contribution in [3.05, 3.63) is 41.7 Å². The third kappa shape index (κ3) is 2.46. The minimum absolute atomic E-state index is 0.0393. The van der Waals surface area contributed by atoms with Crippen LogP contribution in [-0.2, 0) is 17.6 Å². The molecule has 5 heteroatoms. The molecule has 0 saturated heterocycles. The maximum atomic E-state index is 12.2. The van der Waals surface area contributed by atoms with Gasteiger partial charge in [0.2, 0.25) is 5.91 Å². The van der Waals surface area contributed by atoms with Crippen LogP contribution in [-0.4, -0.2) is 30.7 Å². The quantitative estimate of drug-likeness (QED) is 0.872. The number of rotatable bonds is 4. The van der Waals surface area contributed by atoms with Crippen LogP contribution in [0.25, 0.3) is 11.1 Å². The molecule has 0 atom stereocenters. The number of benzene rings is 1. The van der Waals surface area contributed by atoms with Gasteiger partial charge in [0.1, 0.15) is 19.0 Å². The standard InChI is InChI=1S/C18H17FN2O2/c19-4-6-23-16-9-15(10-20-11-16)14-7-12-1-2-17(22)21-5-3-13(8-14)18(12)21/h7-11H,1-6H2/i19-1. The van der Waals surface area contributed by atoms with Gasteiger partial charge in [0.15, 0.2) is 0 Å². The average molecular weight is 311 g/mol. The molecule has 0 N–H and O–H groups in total. The summed E-state index contributed by atoms with van der Waals surface area (Å²) in [4.78, 5) is 18.1. The number of hydrogen-bond donors (Lipinski definition) is 0. The highest BCUT2D eigenvalue weighted by molar-refractivity contribution is 5.99. The average Bonchev–Trinajstić information content (AvgIpc) is 3.02. The molecule has 1 amide bonds. The molecule has 4 rings (SSSR count). The summed E-state index contributed by atoms with van der Waals surface area (Å²) in [5, 5.41) is 0. The van der Waals surface area contributed by atoms with Crippen LogP contribution in [0.4, 0.5) is 10.1 Å². The molecule has 1 aromatic carbocycles. The monoisotopic (exact) mass is 311 g/mol. The molecule has 0 spiro atoms. The van der Waals surface area contributed by atoms with Gasteiger partial charge in [-0.05, 0) is 47.7 Å². The largest absolute Gasteiger partial charge is 0.489 e. The molecule has 2 aliphatic rings. The number of nitrogens with zero attached hydrogens (tertiary/aromatic N) is 2. The second-order valence-electron chi connectivity index (χ2n) is 5.89. The SMILES string of the molecule is O=C1CCc2cc(-c3cncc(OCC[18F])c3)cc3c2N1CC3. The Hall–Kier alpha value is -2.43. The molecule has 2 aromatic rings. The molecule has 0 unspecified atom stereocenters. The summed E-state index contributed by atoms with van der Waals surface area (Å²) in [6.07, 6.45) is 5.65. The first-order valence-corrected chi connectivity index (χ1v) is 7.86. The van der Waals surface area contributed by atoms with Crippen LogP contribution in [0.15, 0.2) is 30.6 Å². The highest BCUT2D eigenvalue weighted by atomic mass is 18.2. The molecular weight excluding hydrogens is 294 g/mol. The van der Waals surface area contributed by atoms with E-state index in [1.54, 1.807) is 12.4 Å². The van der Waals surface area contributed by atoms with Crippen LogP contribution in [0.3, 0.4) is 0 Å². The second kappa shape index (κ2) is 5.65. The molecule has 23 heavy (non-hydrogen) atoms. The van der Waals surface area contributed by atoms with E-state index in [9.17, 15) is 9.18 Å². The molecule has 0 saturated carbocycles. The van der Waals surface area contributed by atoms with Crippen LogP contribution >= 0.6 is 0 Å². The molecule has 0 radical (unpaired) electrons. The molecule has 4 nitrogen and oxygen atoms in total. The zero-order valence-corrected chi connectivity index (χ0v) is 12.7. The lowest BCUT2D eigenvalue weighted by molar-refractivity contribution is -0.118. The molecule has 1 aromatic heterocycles. The van der Waals surface area contributed by atoms with Gasteiger partial charge in [-0.15, -0.1) is 0 Å². The van der Waals surface area contributed by atoms with Crippen molar-refractivity contribution in [3.63, 3.8) is 0 Å². The third-order valence-electron chi connectivity index (χ3n) is 4.44. The van der Waals surface area contributed by atoms with Gasteiger partial charge in [0.25, 0.3) is 0 Å². The van der Waals surface area contributed by atoms with Crippen LogP contribution in [0.2, 0.25) is 0 Å². The van der Waals surface area contributed by atoms with E-state index in [0.29, 0.717) is 12.2 Å². The lowest BCUT2D eigenvalue weighted by atomic mass is 9.94. The number of ether oxygens (including phenoxy) is 1. The van der Waals surface area contributed by atoms with E-state index in [0.717, 1.165) is 36.2 Å². The Morgan fingerprint density at radius 1 is 1.09 bits per heavy atom. The number of pyridine rings is 1. The van der Waals surface area contributed by atoms with Crippen molar-refractivity contribution in [2.24, 2.45) is 0 Å². The Bertz CT molecular complexity index is 776. The van der Waals surface area contributed by atoms with Crippen molar-refractivity contribution >= 4 is 11.6 Å². The summed E-state index contributed by atoms with van der Waals surface area (Å²) in [6.45, 7) is 0.303. The summed E-state index contributed by atoms with van der Waals surface area (Å²) in [5.74, 6) is 0.804. The Balaban J connectivity index is 1.73. The number of amides is 1. The lowest BCUT2D eigenvalue weighted by Gasteiger charge is -2.25. The van der Waals surface area contributed by atoms with Crippen LogP contribution in [0.5, 0.6) is 5.75 Å². The van der Waals surface area contributed by atoms with E-state index >= 15 is 0 Å². The van der Waals surface area contributed by atoms with E-state index in [1.807, 2.05) is 11.0 Å². The first-order chi connectivity index (χ1) is 11.3. The molecular formula is C18H17FN2O2. The molecule has 0 fully saturated rings. The number of anilines is 1. The highest BCUT2D eigenvalue weighted by Gasteiger charge is 2.31. The number of alkyl halides is 1. The number of carbonyl (C=O) groups is 1. The van der Waals surface area contributed by atoms with Crippen LogP contribution < -0.4 is 9.64 Å². The van der Waals surface area contributed by atoms with E-state index in [2.05, 4.69) is 17.1 Å². The predicted octanol–water partition coefficient (Wildman–Crippen LogP) is 2.93. The van der Waals surface area contributed by atoms with Crippen molar-refractivity contribution < 1.29 is 13.9 Å². The Labute approximate surface area is 133 Å². The van der Waals surface area contributed by atoms with Crippen molar-refractivity contribution in [1.82, 2.24) is 4.98 Å². The third-order valence-corrected chi connectivity index (χ3v) is 4.44. The van der Waals surface area contributed by atoms with Crippen LogP contribution in [0, 0.1) is 0 Å².